The van der Waals surface area contributed by atoms with Gasteiger partial charge in [-0.05, 0) is 71.6 Å². The average Bonchev–Trinajstić information content (AvgIpc) is 3.62. The zero-order valence-corrected chi connectivity index (χ0v) is 28.0. The van der Waals surface area contributed by atoms with Gasteiger partial charge in [0, 0.05) is 12.5 Å². The van der Waals surface area contributed by atoms with Crippen LogP contribution in [0.2, 0.25) is 23.2 Å². The maximum Gasteiger partial charge on any atom is 0.261 e. The molecule has 1 fully saturated rings. The fourth-order valence-electron chi connectivity index (χ4n) is 5.42. The van der Waals surface area contributed by atoms with Crippen molar-refractivity contribution in [3.05, 3.63) is 72.8 Å². The van der Waals surface area contributed by atoms with Crippen molar-refractivity contribution in [2.45, 2.75) is 97.0 Å². The molecule has 0 aliphatic heterocycles. The summed E-state index contributed by atoms with van der Waals surface area (Å²) in [5, 5.41) is 2.91. The van der Waals surface area contributed by atoms with Crippen molar-refractivity contribution in [1.29, 1.82) is 0 Å². The van der Waals surface area contributed by atoms with E-state index in [0.717, 1.165) is 19.4 Å². The zero-order valence-electron chi connectivity index (χ0n) is 26.0. The highest BCUT2D eigenvalue weighted by Crippen LogP contribution is 2.43. The molecule has 0 heterocycles. The Morgan fingerprint density at radius 3 is 1.92 bits per heavy atom. The van der Waals surface area contributed by atoms with Crippen LogP contribution in [0.5, 0.6) is 0 Å². The third-order valence-electron chi connectivity index (χ3n) is 9.00. The zero-order chi connectivity index (χ0) is 28.9. The van der Waals surface area contributed by atoms with Crippen LogP contribution in [0, 0.1) is 30.1 Å². The lowest BCUT2D eigenvalue weighted by atomic mass is 9.98. The molecule has 1 saturated carbocycles. The van der Waals surface area contributed by atoms with Gasteiger partial charge < -0.3 is 8.85 Å². The summed E-state index contributed by atoms with van der Waals surface area (Å²) in [6.45, 7) is 21.5. The maximum absolute atomic E-state index is 7.15. The maximum atomic E-state index is 7.15. The molecule has 1 aliphatic carbocycles. The molecule has 0 bridgehead atoms. The van der Waals surface area contributed by atoms with Crippen molar-refractivity contribution < 1.29 is 8.85 Å². The number of terminal acetylenes is 1. The van der Waals surface area contributed by atoms with Crippen molar-refractivity contribution in [3.8, 4) is 12.3 Å². The lowest BCUT2D eigenvalue weighted by Crippen LogP contribution is -2.66. The van der Waals surface area contributed by atoms with E-state index in [1.165, 1.54) is 16.8 Å². The summed E-state index contributed by atoms with van der Waals surface area (Å²) in [7, 11) is -4.29. The third-order valence-corrected chi connectivity index (χ3v) is 18.6. The van der Waals surface area contributed by atoms with Gasteiger partial charge in [-0.25, -0.2) is 0 Å². The van der Waals surface area contributed by atoms with Crippen molar-refractivity contribution in [3.63, 3.8) is 0 Å². The Morgan fingerprint density at radius 2 is 1.46 bits per heavy atom. The molecular formula is C35H52O2Si2. The molecule has 0 aromatic heterocycles. The summed E-state index contributed by atoms with van der Waals surface area (Å²) in [6, 6.07) is 21.9. The molecule has 3 rings (SSSR count). The second-order valence-corrected chi connectivity index (χ2v) is 23.1. The summed E-state index contributed by atoms with van der Waals surface area (Å²) >= 11 is 0. The number of hydrogen-bond acceptors (Lipinski definition) is 2. The molecule has 0 spiro atoms. The minimum Gasteiger partial charge on any atom is -0.413 e. The number of allylic oxidation sites excluding steroid dienone is 2. The van der Waals surface area contributed by atoms with E-state index in [-0.39, 0.29) is 22.1 Å². The normalized spacial score (nSPS) is 20.0. The van der Waals surface area contributed by atoms with Crippen LogP contribution in [0.4, 0.5) is 0 Å². The standard InChI is InChI=1S/C35H52O2Si2/c1-11-29(28(2)37-38(9,10)34(3,4)5)20-18-19-21-30-26-31(30)27-36-39(35(6,7)8,32-22-14-12-15-23-32)33-24-16-13-17-25-33/h1,12-17,19,21-25,28-31H,18,20,26-27H2,2-10H3/b21-19+/t28?,29-,30?,31?/m0/s1. The number of hydrogen-bond donors (Lipinski definition) is 0. The highest BCUT2D eigenvalue weighted by Gasteiger charge is 2.51. The van der Waals surface area contributed by atoms with Gasteiger partial charge in [-0.15, -0.1) is 12.3 Å². The van der Waals surface area contributed by atoms with Gasteiger partial charge in [0.1, 0.15) is 0 Å². The number of rotatable bonds is 12. The Balaban J connectivity index is 1.60. The van der Waals surface area contributed by atoms with E-state index < -0.39 is 16.6 Å². The molecule has 0 amide bonds. The molecule has 4 heteroatoms. The Hall–Kier alpha value is -1.91. The lowest BCUT2D eigenvalue weighted by molar-refractivity contribution is 0.156. The van der Waals surface area contributed by atoms with Crippen molar-refractivity contribution >= 4 is 27.0 Å². The van der Waals surface area contributed by atoms with Gasteiger partial charge in [-0.1, -0.05) is 114 Å². The smallest absolute Gasteiger partial charge is 0.261 e. The van der Waals surface area contributed by atoms with Crippen LogP contribution < -0.4 is 10.4 Å². The first-order valence-electron chi connectivity index (χ1n) is 14.8. The predicted octanol–water partition coefficient (Wildman–Crippen LogP) is 8.20. The number of benzene rings is 2. The van der Waals surface area contributed by atoms with E-state index in [4.69, 9.17) is 15.3 Å². The quantitative estimate of drug-likeness (QED) is 0.148. The Morgan fingerprint density at radius 1 is 0.923 bits per heavy atom. The molecule has 39 heavy (non-hydrogen) atoms. The molecule has 4 atom stereocenters. The molecule has 0 N–H and O–H groups in total. The molecule has 3 unspecified atom stereocenters. The van der Waals surface area contributed by atoms with Gasteiger partial charge in [0.25, 0.3) is 8.32 Å². The largest absolute Gasteiger partial charge is 0.413 e. The second kappa shape index (κ2) is 12.7. The monoisotopic (exact) mass is 560 g/mol. The van der Waals surface area contributed by atoms with Gasteiger partial charge in [-0.3, -0.25) is 0 Å². The summed E-state index contributed by atoms with van der Waals surface area (Å²) in [6.07, 6.45) is 14.0. The molecule has 2 aromatic rings. The second-order valence-electron chi connectivity index (χ2n) is 14.0. The fourth-order valence-corrected chi connectivity index (χ4v) is 11.5. The van der Waals surface area contributed by atoms with Gasteiger partial charge in [0.05, 0.1) is 6.10 Å². The molecular weight excluding hydrogens is 509 g/mol. The van der Waals surface area contributed by atoms with Crippen molar-refractivity contribution in [1.82, 2.24) is 0 Å². The van der Waals surface area contributed by atoms with E-state index in [9.17, 15) is 0 Å². The first-order valence-corrected chi connectivity index (χ1v) is 19.6. The van der Waals surface area contributed by atoms with E-state index >= 15 is 0 Å². The molecule has 0 radical (unpaired) electrons. The van der Waals surface area contributed by atoms with Crippen LogP contribution in [0.1, 0.15) is 67.7 Å². The molecule has 1 aliphatic rings. The molecule has 0 saturated heterocycles. The van der Waals surface area contributed by atoms with Crippen molar-refractivity contribution in [2.75, 3.05) is 6.61 Å². The van der Waals surface area contributed by atoms with E-state index in [0.29, 0.717) is 11.8 Å². The first-order chi connectivity index (χ1) is 18.2. The highest BCUT2D eigenvalue weighted by atomic mass is 28.4. The van der Waals surface area contributed by atoms with E-state index in [1.54, 1.807) is 0 Å². The fraction of sp³-hybridized carbons (Fsp3) is 0.543. The summed E-state index contributed by atoms with van der Waals surface area (Å²) < 4.78 is 13.7. The minimum atomic E-state index is -2.46. The summed E-state index contributed by atoms with van der Waals surface area (Å²) in [4.78, 5) is 0. The van der Waals surface area contributed by atoms with Gasteiger partial charge in [-0.2, -0.15) is 0 Å². The van der Waals surface area contributed by atoms with Gasteiger partial charge in [0.15, 0.2) is 8.32 Å². The lowest BCUT2D eigenvalue weighted by Gasteiger charge is -2.43. The molecule has 2 aromatic carbocycles. The average molecular weight is 561 g/mol. The first kappa shape index (κ1) is 31.6. The van der Waals surface area contributed by atoms with Crippen LogP contribution in [0.25, 0.3) is 0 Å². The van der Waals surface area contributed by atoms with Crippen LogP contribution in [0.3, 0.4) is 0 Å². The summed E-state index contributed by atoms with van der Waals surface area (Å²) in [5.74, 6) is 4.36. The topological polar surface area (TPSA) is 18.5 Å². The SMILES string of the molecule is C#C[C@@H](CC/C=C/C1CC1CO[Si](c1ccccc1)(c1ccccc1)C(C)(C)C)C(C)O[Si](C)(C)C(C)(C)C. The van der Waals surface area contributed by atoms with Gasteiger partial charge in [0.2, 0.25) is 0 Å². The van der Waals surface area contributed by atoms with Crippen molar-refractivity contribution in [2.24, 2.45) is 17.8 Å². The molecule has 212 valence electrons. The Kier molecular flexibility index (Phi) is 10.3. The van der Waals surface area contributed by atoms with E-state index in [2.05, 4.69) is 140 Å². The predicted molar refractivity (Wildman–Crippen MR) is 174 cm³/mol. The Labute approximate surface area is 241 Å². The van der Waals surface area contributed by atoms with Crippen LogP contribution in [0.15, 0.2) is 72.8 Å². The third kappa shape index (κ3) is 7.64. The van der Waals surface area contributed by atoms with E-state index in [1.807, 2.05) is 0 Å². The van der Waals surface area contributed by atoms with Gasteiger partial charge >= 0.3 is 0 Å². The van der Waals surface area contributed by atoms with Crippen LogP contribution in [-0.2, 0) is 8.85 Å². The summed E-state index contributed by atoms with van der Waals surface area (Å²) in [5.41, 5.74) is 0. The minimum absolute atomic E-state index is 0.0172. The highest BCUT2D eigenvalue weighted by molar-refractivity contribution is 6.99. The van der Waals surface area contributed by atoms with Crippen LogP contribution in [-0.4, -0.2) is 29.3 Å². The molecule has 2 nitrogen and oxygen atoms in total. The van der Waals surface area contributed by atoms with Crippen LogP contribution >= 0.6 is 0 Å². The Bertz CT molecular complexity index is 1060.